The Morgan fingerprint density at radius 3 is 1.89 bits per heavy atom. The lowest BCUT2D eigenvalue weighted by Gasteiger charge is -1.96. The van der Waals surface area contributed by atoms with Gasteiger partial charge in [0.1, 0.15) is 27.7 Å². The van der Waals surface area contributed by atoms with Gasteiger partial charge in [0.25, 0.3) is 0 Å². The van der Waals surface area contributed by atoms with Crippen molar-refractivity contribution in [2.45, 2.75) is 55.4 Å². The van der Waals surface area contributed by atoms with Crippen LogP contribution < -0.4 is 9.47 Å². The zero-order valence-electron chi connectivity index (χ0n) is 50.6. The SMILES string of the molecule is COc1ccc2cc(C)sc2n1.COc1ccc2sc(C)nc2c1.Cc1cc2[nH]cc(Cl)c2cn1.Cc1cc2cc(Cl)ccc2[nH]1.Cc1cc2cc(Cl)cnc2[nH]1.Cc1ccc2c(Cl)c[nH]c2c1.Cc1ccc2c(Cl)c[nH]c2n1.Cc1nc2ccc(Cl)cc2[nH]1. The highest BCUT2D eigenvalue weighted by atomic mass is 35.5. The zero-order chi connectivity index (χ0) is 64.2. The van der Waals surface area contributed by atoms with Gasteiger partial charge in [-0.2, -0.15) is 0 Å². The first-order chi connectivity index (χ1) is 43.2. The molecule has 12 aromatic heterocycles. The maximum absolute atomic E-state index is 5.89. The number of thiophene rings is 1. The van der Waals surface area contributed by atoms with Gasteiger partial charge >= 0.3 is 0 Å². The first-order valence-corrected chi connectivity index (χ1v) is 31.8. The number of imidazole rings is 1. The summed E-state index contributed by atoms with van der Waals surface area (Å²) in [6, 6.07) is 41.5. The van der Waals surface area contributed by atoms with E-state index in [1.165, 1.54) is 31.6 Å². The summed E-state index contributed by atoms with van der Waals surface area (Å²) in [7, 11) is 3.30. The molecule has 0 unspecified atom stereocenters. The fourth-order valence-electron chi connectivity index (χ4n) is 9.14. The third-order valence-electron chi connectivity index (χ3n) is 13.3. The molecule has 16 rings (SSSR count). The van der Waals surface area contributed by atoms with Gasteiger partial charge in [-0.3, -0.25) is 4.98 Å². The van der Waals surface area contributed by atoms with E-state index in [0.717, 1.165) is 130 Å². The molecular weight excluding hydrogens is 1290 g/mol. The minimum Gasteiger partial charge on any atom is -0.497 e. The number of fused-ring (bicyclic) bond motifs is 8. The number of benzene rings is 4. The van der Waals surface area contributed by atoms with Gasteiger partial charge in [-0.05, 0) is 164 Å². The van der Waals surface area contributed by atoms with Crippen molar-refractivity contribution in [3.05, 3.63) is 233 Å². The van der Waals surface area contributed by atoms with Crippen molar-refractivity contribution in [3.8, 4) is 11.6 Å². The van der Waals surface area contributed by atoms with Gasteiger partial charge in [0.15, 0.2) is 0 Å². The summed E-state index contributed by atoms with van der Waals surface area (Å²) < 4.78 is 11.3. The molecule has 0 saturated heterocycles. The molecule has 460 valence electrons. The Hall–Kier alpha value is -8.16. The minimum absolute atomic E-state index is 0.677. The lowest BCUT2D eigenvalue weighted by molar-refractivity contribution is 0.400. The summed E-state index contributed by atoms with van der Waals surface area (Å²) in [6.45, 7) is 16.0. The Balaban J connectivity index is 0.000000122. The number of methoxy groups -OCH3 is 2. The fourth-order valence-corrected chi connectivity index (χ4v) is 12.0. The number of hydrogen-bond donors (Lipinski definition) is 6. The van der Waals surface area contributed by atoms with Gasteiger partial charge in [-0.25, -0.2) is 24.9 Å². The molecule has 0 spiro atoms. The maximum atomic E-state index is 5.89. The predicted molar refractivity (Wildman–Crippen MR) is 381 cm³/mol. The van der Waals surface area contributed by atoms with E-state index in [4.69, 9.17) is 79.1 Å². The number of halogens is 6. The van der Waals surface area contributed by atoms with Gasteiger partial charge in [0.05, 0.1) is 66.1 Å². The number of aromatic nitrogens is 12. The molecule has 0 radical (unpaired) electrons. The number of nitrogens with zero attached hydrogens (tertiary/aromatic N) is 6. The standard InChI is InChI=1S/2C9H8ClN.2C9H9NOS.4C8H7ClN2/c1-6-4-7-5-8(10)2-3-9(7)11-6;1-6-2-3-7-8(10)5-11-9(7)4-6;1-6-10-8-5-7(11-2)3-4-9(8)12-6;1-6-5-7-3-4-8(11-2)10-9(7)12-6;1-5-2-8-6(3-10-5)7(9)4-11-8;1-5-2-6-3-7(9)4-10-8(6)11-5;1-5-10-7-3-2-6(9)4-8(7)11-5;1-5-2-3-6-7(9)4-10-8(6)11-5/h2*2-5,11H,1H3;2*3-5H,1-2H3;2-4,11H,1H3;3*2-4H,1H3,(H,10,11). The van der Waals surface area contributed by atoms with Crippen molar-refractivity contribution in [3.63, 3.8) is 0 Å². The Bertz CT molecular complexity index is 4580. The number of aromatic amines is 6. The zero-order valence-corrected chi connectivity index (χ0v) is 56.8. The number of nitrogens with one attached hydrogen (secondary N) is 6. The van der Waals surface area contributed by atoms with Crippen LogP contribution in [-0.4, -0.2) is 74.0 Å². The van der Waals surface area contributed by atoms with Crippen LogP contribution in [0.1, 0.15) is 44.0 Å². The monoisotopic (exact) mass is 1350 g/mol. The van der Waals surface area contributed by atoms with E-state index < -0.39 is 0 Å². The van der Waals surface area contributed by atoms with Crippen molar-refractivity contribution in [1.82, 2.24) is 59.8 Å². The molecule has 0 bridgehead atoms. The number of rotatable bonds is 2. The molecule has 0 atom stereocenters. The average Bonchev–Trinajstić information content (AvgIpc) is 3.28. The van der Waals surface area contributed by atoms with Crippen LogP contribution >= 0.6 is 92.3 Å². The second-order valence-corrected chi connectivity index (χ2v) is 25.6. The van der Waals surface area contributed by atoms with Crippen molar-refractivity contribution >= 4 is 179 Å². The third-order valence-corrected chi connectivity index (χ3v) is 16.8. The molecule has 90 heavy (non-hydrogen) atoms. The van der Waals surface area contributed by atoms with Crippen LogP contribution in [0, 0.1) is 55.4 Å². The Kier molecular flexibility index (Phi) is 22.5. The maximum Gasteiger partial charge on any atom is 0.214 e. The molecule has 6 N–H and O–H groups in total. The van der Waals surface area contributed by atoms with Crippen molar-refractivity contribution < 1.29 is 9.47 Å². The molecule has 14 nitrogen and oxygen atoms in total. The molecule has 0 aliphatic rings. The van der Waals surface area contributed by atoms with Crippen molar-refractivity contribution in [1.29, 1.82) is 0 Å². The Labute approximate surface area is 557 Å². The number of ether oxygens (including phenoxy) is 2. The smallest absolute Gasteiger partial charge is 0.214 e. The molecule has 0 saturated carbocycles. The van der Waals surface area contributed by atoms with Crippen molar-refractivity contribution in [2.75, 3.05) is 14.2 Å². The Morgan fingerprint density at radius 2 is 1.11 bits per heavy atom. The Morgan fingerprint density at radius 1 is 0.422 bits per heavy atom. The highest BCUT2D eigenvalue weighted by molar-refractivity contribution is 7.18. The van der Waals surface area contributed by atoms with Crippen LogP contribution in [0.15, 0.2) is 158 Å². The second kappa shape index (κ2) is 30.6. The summed E-state index contributed by atoms with van der Waals surface area (Å²) >= 11 is 38.3. The van der Waals surface area contributed by atoms with Crippen molar-refractivity contribution in [2.24, 2.45) is 0 Å². The van der Waals surface area contributed by atoms with E-state index in [0.29, 0.717) is 10.9 Å². The average molecular weight is 1360 g/mol. The summed E-state index contributed by atoms with van der Waals surface area (Å²) in [5.74, 6) is 2.47. The number of H-pyrrole nitrogens is 6. The highest BCUT2D eigenvalue weighted by Gasteiger charge is 2.06. The van der Waals surface area contributed by atoms with Gasteiger partial charge < -0.3 is 39.4 Å². The van der Waals surface area contributed by atoms with E-state index in [1.807, 2.05) is 151 Å². The summed E-state index contributed by atoms with van der Waals surface area (Å²) in [6.07, 6.45) is 8.75. The lowest BCUT2D eigenvalue weighted by atomic mass is 10.2. The van der Waals surface area contributed by atoms with Gasteiger partial charge in [-0.15, -0.1) is 22.7 Å². The minimum atomic E-state index is 0.677. The van der Waals surface area contributed by atoms with Crippen LogP contribution in [0.2, 0.25) is 30.1 Å². The quantitative estimate of drug-likeness (QED) is 0.0985. The van der Waals surface area contributed by atoms with E-state index in [9.17, 15) is 0 Å². The number of hydrogen-bond acceptors (Lipinski definition) is 10. The molecule has 12 heterocycles. The third kappa shape index (κ3) is 17.8. The molecule has 0 aliphatic heterocycles. The fraction of sp³-hybridized carbons (Fsp3) is 0.147. The first-order valence-electron chi connectivity index (χ1n) is 27.9. The largest absolute Gasteiger partial charge is 0.497 e. The molecule has 0 aliphatic carbocycles. The van der Waals surface area contributed by atoms with Gasteiger partial charge in [0.2, 0.25) is 5.88 Å². The topological polar surface area (TPSA) is 191 Å². The van der Waals surface area contributed by atoms with E-state index >= 15 is 0 Å². The summed E-state index contributed by atoms with van der Waals surface area (Å²) in [4.78, 5) is 46.3. The number of aryl methyl sites for hydroxylation is 8. The summed E-state index contributed by atoms with van der Waals surface area (Å²) in [5, 5.41) is 12.0. The van der Waals surface area contributed by atoms with E-state index in [2.05, 4.69) is 97.9 Å². The van der Waals surface area contributed by atoms with Gasteiger partial charge in [-0.1, -0.05) is 81.7 Å². The van der Waals surface area contributed by atoms with Crippen LogP contribution in [0.4, 0.5) is 0 Å². The van der Waals surface area contributed by atoms with E-state index in [1.54, 1.807) is 61.7 Å². The van der Waals surface area contributed by atoms with Crippen LogP contribution in [0.25, 0.3) is 86.2 Å². The predicted octanol–water partition coefficient (Wildman–Crippen LogP) is 21.6. The molecule has 0 amide bonds. The molecule has 4 aromatic carbocycles. The number of pyridine rings is 4. The van der Waals surface area contributed by atoms with E-state index in [-0.39, 0.29) is 0 Å². The van der Waals surface area contributed by atoms with Crippen LogP contribution in [-0.2, 0) is 0 Å². The first kappa shape index (κ1) is 66.3. The molecule has 22 heteroatoms. The molecule has 16 aromatic rings. The molecular formula is C68H62Cl6N12O2S2. The molecule has 0 fully saturated rings. The summed E-state index contributed by atoms with van der Waals surface area (Å²) in [5.41, 5.74) is 13.5. The van der Waals surface area contributed by atoms with Crippen LogP contribution in [0.3, 0.4) is 0 Å². The number of thiazole rings is 1. The van der Waals surface area contributed by atoms with Gasteiger partial charge in [0, 0.05) is 124 Å². The second-order valence-electron chi connectivity index (χ2n) is 20.6. The van der Waals surface area contributed by atoms with Crippen LogP contribution in [0.5, 0.6) is 11.6 Å². The normalized spacial score (nSPS) is 10.7. The highest BCUT2D eigenvalue weighted by Crippen LogP contribution is 2.29. The lowest BCUT2D eigenvalue weighted by Crippen LogP contribution is -1.84.